The molecule has 29 heavy (non-hydrogen) atoms. The Bertz CT molecular complexity index is 1250. The maximum Gasteiger partial charge on any atom is 0.282 e. The van der Waals surface area contributed by atoms with Crippen LogP contribution in [0.4, 0.5) is 5.69 Å². The van der Waals surface area contributed by atoms with Gasteiger partial charge >= 0.3 is 0 Å². The highest BCUT2D eigenvalue weighted by atomic mass is 16.1. The second-order valence-electron chi connectivity index (χ2n) is 7.56. The number of pyridine rings is 1. The van der Waals surface area contributed by atoms with Gasteiger partial charge in [-0.3, -0.25) is 4.79 Å². The van der Waals surface area contributed by atoms with E-state index in [9.17, 15) is 4.79 Å². The Morgan fingerprint density at radius 3 is 2.48 bits per heavy atom. The monoisotopic (exact) mass is 385 g/mol. The van der Waals surface area contributed by atoms with Crippen LogP contribution < -0.4 is 10.5 Å². The highest BCUT2D eigenvalue weighted by Crippen LogP contribution is 2.29. The molecule has 1 fully saturated rings. The van der Waals surface area contributed by atoms with Crippen LogP contribution in [0.1, 0.15) is 24.2 Å². The molecule has 4 heterocycles. The lowest BCUT2D eigenvalue weighted by atomic mass is 10.2. The normalized spacial score (nSPS) is 14.1. The van der Waals surface area contributed by atoms with E-state index in [1.807, 2.05) is 26.0 Å². The Morgan fingerprint density at radius 1 is 0.931 bits per heavy atom. The molecule has 1 saturated heterocycles. The van der Waals surface area contributed by atoms with Crippen LogP contribution in [-0.4, -0.2) is 32.4 Å². The predicted octanol–water partition coefficient (Wildman–Crippen LogP) is 3.79. The van der Waals surface area contributed by atoms with E-state index < -0.39 is 0 Å². The fourth-order valence-corrected chi connectivity index (χ4v) is 4.40. The van der Waals surface area contributed by atoms with Gasteiger partial charge in [0.15, 0.2) is 5.82 Å². The van der Waals surface area contributed by atoms with Gasteiger partial charge in [0.1, 0.15) is 0 Å². The predicted molar refractivity (Wildman–Crippen MR) is 115 cm³/mol. The standard InChI is InChI=1S/C23H23N5O/c1-16-20-15-25-28(21-10-3-4-11-24-21)23(29)22(20)17(2)27(16)19-9-7-8-18(14-19)26-12-5-6-13-26/h3-4,7-11,14-15H,5-6,12-13H2,1-2H3. The van der Waals surface area contributed by atoms with Crippen molar-refractivity contribution in [3.05, 3.63) is 76.6 Å². The lowest BCUT2D eigenvalue weighted by Crippen LogP contribution is -2.21. The first kappa shape index (κ1) is 17.7. The minimum absolute atomic E-state index is 0.142. The number of fused-ring (bicyclic) bond motifs is 1. The maximum absolute atomic E-state index is 13.3. The summed E-state index contributed by atoms with van der Waals surface area (Å²) in [6, 6.07) is 14.0. The first-order chi connectivity index (χ1) is 14.1. The van der Waals surface area contributed by atoms with E-state index in [2.05, 4.69) is 43.8 Å². The molecule has 6 heteroatoms. The highest BCUT2D eigenvalue weighted by molar-refractivity contribution is 5.88. The van der Waals surface area contributed by atoms with Gasteiger partial charge in [-0.15, -0.1) is 0 Å². The Kier molecular flexibility index (Phi) is 4.19. The number of hydrogen-bond acceptors (Lipinski definition) is 4. The van der Waals surface area contributed by atoms with Crippen LogP contribution in [0.25, 0.3) is 22.3 Å². The quantitative estimate of drug-likeness (QED) is 0.538. The fourth-order valence-electron chi connectivity index (χ4n) is 4.40. The number of nitrogens with zero attached hydrogens (tertiary/aromatic N) is 5. The molecule has 0 aliphatic carbocycles. The number of aryl methyl sites for hydroxylation is 2. The topological polar surface area (TPSA) is 56.0 Å². The molecular formula is C23H23N5O. The molecule has 0 amide bonds. The summed E-state index contributed by atoms with van der Waals surface area (Å²) in [7, 11) is 0. The average Bonchev–Trinajstić information content (AvgIpc) is 3.37. The average molecular weight is 385 g/mol. The zero-order valence-electron chi connectivity index (χ0n) is 16.7. The second kappa shape index (κ2) is 6.88. The Hall–Kier alpha value is -3.41. The maximum atomic E-state index is 13.3. The van der Waals surface area contributed by atoms with Crippen LogP contribution in [0.15, 0.2) is 59.7 Å². The van der Waals surface area contributed by atoms with E-state index in [0.717, 1.165) is 35.6 Å². The lowest BCUT2D eigenvalue weighted by Gasteiger charge is -2.19. The van der Waals surface area contributed by atoms with Crippen LogP contribution in [-0.2, 0) is 0 Å². The van der Waals surface area contributed by atoms with Crippen molar-refractivity contribution >= 4 is 16.5 Å². The van der Waals surface area contributed by atoms with Crippen LogP contribution in [0.3, 0.4) is 0 Å². The van der Waals surface area contributed by atoms with Crippen molar-refractivity contribution in [2.24, 2.45) is 0 Å². The molecule has 0 atom stereocenters. The molecule has 0 saturated carbocycles. The number of hydrogen-bond donors (Lipinski definition) is 0. The largest absolute Gasteiger partial charge is 0.371 e. The number of anilines is 1. The summed E-state index contributed by atoms with van der Waals surface area (Å²) in [4.78, 5) is 20.0. The number of rotatable bonds is 3. The lowest BCUT2D eigenvalue weighted by molar-refractivity contribution is 0.794. The summed E-state index contributed by atoms with van der Waals surface area (Å²) >= 11 is 0. The Morgan fingerprint density at radius 2 is 1.72 bits per heavy atom. The number of aromatic nitrogens is 4. The van der Waals surface area contributed by atoms with Gasteiger partial charge in [0.2, 0.25) is 0 Å². The summed E-state index contributed by atoms with van der Waals surface area (Å²) < 4.78 is 3.54. The summed E-state index contributed by atoms with van der Waals surface area (Å²) in [5.41, 5.74) is 4.11. The molecule has 0 bridgehead atoms. The van der Waals surface area contributed by atoms with Crippen molar-refractivity contribution in [2.45, 2.75) is 26.7 Å². The molecule has 1 aliphatic heterocycles. The van der Waals surface area contributed by atoms with E-state index in [-0.39, 0.29) is 5.56 Å². The fraction of sp³-hybridized carbons (Fsp3) is 0.261. The van der Waals surface area contributed by atoms with Gasteiger partial charge in [-0.05, 0) is 57.0 Å². The molecule has 0 radical (unpaired) electrons. The third-order valence-corrected chi connectivity index (χ3v) is 5.83. The van der Waals surface area contributed by atoms with E-state index in [4.69, 9.17) is 0 Å². The molecule has 3 aromatic heterocycles. The van der Waals surface area contributed by atoms with Gasteiger partial charge in [0, 0.05) is 47.4 Å². The Labute approximate surface area is 169 Å². The van der Waals surface area contributed by atoms with Crippen LogP contribution >= 0.6 is 0 Å². The van der Waals surface area contributed by atoms with E-state index in [0.29, 0.717) is 11.2 Å². The van der Waals surface area contributed by atoms with Gasteiger partial charge in [0.25, 0.3) is 5.56 Å². The van der Waals surface area contributed by atoms with Gasteiger partial charge in [0.05, 0.1) is 11.6 Å². The minimum atomic E-state index is -0.142. The summed E-state index contributed by atoms with van der Waals surface area (Å²) in [5.74, 6) is 0.528. The van der Waals surface area contributed by atoms with Crippen molar-refractivity contribution in [3.8, 4) is 11.5 Å². The minimum Gasteiger partial charge on any atom is -0.371 e. The van der Waals surface area contributed by atoms with Crippen molar-refractivity contribution < 1.29 is 0 Å². The molecule has 5 rings (SSSR count). The molecule has 0 N–H and O–H groups in total. The SMILES string of the molecule is Cc1c2cnn(-c3ccccn3)c(=O)c2c(C)n1-c1cccc(N2CCCC2)c1. The smallest absolute Gasteiger partial charge is 0.282 e. The van der Waals surface area contributed by atoms with Crippen LogP contribution in [0.5, 0.6) is 0 Å². The molecule has 0 spiro atoms. The summed E-state index contributed by atoms with van der Waals surface area (Å²) in [6.45, 7) is 6.26. The highest BCUT2D eigenvalue weighted by Gasteiger charge is 2.19. The third-order valence-electron chi connectivity index (χ3n) is 5.83. The first-order valence-corrected chi connectivity index (χ1v) is 10.0. The molecule has 146 valence electrons. The molecule has 1 aliphatic rings. The summed E-state index contributed by atoms with van der Waals surface area (Å²) in [5, 5.41) is 5.96. The van der Waals surface area contributed by atoms with Crippen LogP contribution in [0, 0.1) is 13.8 Å². The molecule has 1 aromatic carbocycles. The zero-order chi connectivity index (χ0) is 20.0. The Balaban J connectivity index is 1.69. The zero-order valence-corrected chi connectivity index (χ0v) is 16.7. The van der Waals surface area contributed by atoms with Gasteiger partial charge < -0.3 is 9.47 Å². The van der Waals surface area contributed by atoms with Crippen molar-refractivity contribution in [3.63, 3.8) is 0 Å². The van der Waals surface area contributed by atoms with Gasteiger partial charge in [-0.1, -0.05) is 12.1 Å². The molecular weight excluding hydrogens is 362 g/mol. The van der Waals surface area contributed by atoms with E-state index in [1.54, 1.807) is 18.5 Å². The van der Waals surface area contributed by atoms with Crippen molar-refractivity contribution in [1.82, 2.24) is 19.3 Å². The molecule has 0 unspecified atom stereocenters. The van der Waals surface area contributed by atoms with E-state index in [1.165, 1.54) is 23.2 Å². The summed E-state index contributed by atoms with van der Waals surface area (Å²) in [6.07, 6.45) is 5.93. The molecule has 6 nitrogen and oxygen atoms in total. The second-order valence-corrected chi connectivity index (χ2v) is 7.56. The third kappa shape index (κ3) is 2.83. The molecule has 4 aromatic rings. The van der Waals surface area contributed by atoms with Gasteiger partial charge in [-0.2, -0.15) is 9.78 Å². The van der Waals surface area contributed by atoms with Crippen molar-refractivity contribution in [2.75, 3.05) is 18.0 Å². The van der Waals surface area contributed by atoms with Crippen LogP contribution in [0.2, 0.25) is 0 Å². The number of benzene rings is 1. The van der Waals surface area contributed by atoms with Gasteiger partial charge in [-0.25, -0.2) is 4.98 Å². The van der Waals surface area contributed by atoms with E-state index >= 15 is 0 Å². The first-order valence-electron chi connectivity index (χ1n) is 10.0. The van der Waals surface area contributed by atoms with Crippen molar-refractivity contribution in [1.29, 1.82) is 0 Å².